The van der Waals surface area contributed by atoms with Crippen LogP contribution in [-0.2, 0) is 6.18 Å². The smallest absolute Gasteiger partial charge is 0.288 e. The van der Waals surface area contributed by atoms with Gasteiger partial charge in [0.15, 0.2) is 0 Å². The van der Waals surface area contributed by atoms with E-state index in [2.05, 4.69) is 15.6 Å². The molecule has 0 unspecified atom stereocenters. The predicted octanol–water partition coefficient (Wildman–Crippen LogP) is 3.01. The van der Waals surface area contributed by atoms with E-state index in [0.29, 0.717) is 5.70 Å². The summed E-state index contributed by atoms with van der Waals surface area (Å²) in [6, 6.07) is 3.66. The maximum atomic E-state index is 12.7. The molecule has 2 aromatic rings. The summed E-state index contributed by atoms with van der Waals surface area (Å²) in [6.07, 6.45) is -4.53. The molecule has 0 saturated heterocycles. The first kappa shape index (κ1) is 11.6. The minimum atomic E-state index is -4.53. The molecule has 3 heterocycles. The first-order chi connectivity index (χ1) is 8.55. The fraction of sp³-hybridized carbons (Fsp3) is 0.111. The van der Waals surface area contributed by atoms with Gasteiger partial charge in [-0.2, -0.15) is 13.2 Å². The highest BCUT2D eigenvalue weighted by molar-refractivity contribution is 8.02. The zero-order valence-corrected chi connectivity index (χ0v) is 10.2. The normalized spacial score (nSPS) is 14.9. The van der Waals surface area contributed by atoms with Crippen molar-refractivity contribution in [2.75, 3.05) is 5.43 Å². The molecule has 0 bridgehead atoms. The molecule has 0 amide bonds. The van der Waals surface area contributed by atoms with E-state index in [1.54, 1.807) is 5.41 Å². The lowest BCUT2D eigenvalue weighted by Gasteiger charge is -2.18. The second kappa shape index (κ2) is 4.02. The van der Waals surface area contributed by atoms with Gasteiger partial charge in [0.05, 0.1) is 10.6 Å². The third-order valence-electron chi connectivity index (χ3n) is 2.19. The summed E-state index contributed by atoms with van der Waals surface area (Å²) in [5.41, 5.74) is 3.28. The predicted molar refractivity (Wildman–Crippen MR) is 62.5 cm³/mol. The van der Waals surface area contributed by atoms with Crippen LogP contribution in [0.5, 0.6) is 0 Å². The van der Waals surface area contributed by atoms with Crippen molar-refractivity contribution >= 4 is 28.8 Å². The van der Waals surface area contributed by atoms with Crippen LogP contribution in [0, 0.1) is 0 Å². The van der Waals surface area contributed by atoms with Crippen LogP contribution < -0.4 is 5.43 Å². The van der Waals surface area contributed by atoms with Crippen molar-refractivity contribution in [2.24, 2.45) is 0 Å². The molecular formula is C9H5F3N4S2. The second-order valence-corrected chi connectivity index (χ2v) is 5.16. The molecule has 18 heavy (non-hydrogen) atoms. The Kier molecular flexibility index (Phi) is 2.59. The second-order valence-electron chi connectivity index (χ2n) is 3.38. The molecule has 4 nitrogen and oxygen atoms in total. The zero-order valence-electron chi connectivity index (χ0n) is 8.60. The van der Waals surface area contributed by atoms with Gasteiger partial charge in [-0.05, 0) is 11.4 Å². The lowest BCUT2D eigenvalue weighted by molar-refractivity contribution is -0.146. The fourth-order valence-electron chi connectivity index (χ4n) is 1.43. The van der Waals surface area contributed by atoms with Crippen LogP contribution in [0.2, 0.25) is 0 Å². The number of aromatic nitrogens is 3. The standard InChI is InChI=1S/C9H5F3N4S2/c10-9(11,12)7-13-14-8-16(7)15-5(4-18-8)6-2-1-3-17-6/h1-4,15H. The Morgan fingerprint density at radius 3 is 2.78 bits per heavy atom. The van der Waals surface area contributed by atoms with Gasteiger partial charge >= 0.3 is 6.18 Å². The third-order valence-corrected chi connectivity index (χ3v) is 3.92. The van der Waals surface area contributed by atoms with Gasteiger partial charge in [-0.15, -0.1) is 21.5 Å². The monoisotopic (exact) mass is 290 g/mol. The van der Waals surface area contributed by atoms with E-state index in [1.807, 2.05) is 17.5 Å². The average Bonchev–Trinajstić information content (AvgIpc) is 2.96. The van der Waals surface area contributed by atoms with Gasteiger partial charge in [0.2, 0.25) is 5.16 Å². The van der Waals surface area contributed by atoms with Crippen LogP contribution in [0.1, 0.15) is 10.7 Å². The maximum Gasteiger partial charge on any atom is 0.453 e. The molecule has 0 spiro atoms. The van der Waals surface area contributed by atoms with Crippen molar-refractivity contribution < 1.29 is 13.2 Å². The van der Waals surface area contributed by atoms with E-state index in [9.17, 15) is 13.2 Å². The summed E-state index contributed by atoms with van der Waals surface area (Å²) in [7, 11) is 0. The van der Waals surface area contributed by atoms with Crippen molar-refractivity contribution in [3.63, 3.8) is 0 Å². The molecule has 3 rings (SSSR count). The van der Waals surface area contributed by atoms with E-state index in [1.165, 1.54) is 11.3 Å². The van der Waals surface area contributed by atoms with E-state index >= 15 is 0 Å². The Bertz CT molecular complexity index is 600. The Morgan fingerprint density at radius 1 is 1.28 bits per heavy atom. The minimum absolute atomic E-state index is 0.169. The van der Waals surface area contributed by atoms with Gasteiger partial charge < -0.3 is 0 Å². The van der Waals surface area contributed by atoms with Crippen LogP contribution in [0.3, 0.4) is 0 Å². The molecule has 0 aromatic carbocycles. The maximum absolute atomic E-state index is 12.7. The topological polar surface area (TPSA) is 42.7 Å². The van der Waals surface area contributed by atoms with Crippen LogP contribution in [-0.4, -0.2) is 14.9 Å². The highest BCUT2D eigenvalue weighted by Gasteiger charge is 2.39. The van der Waals surface area contributed by atoms with E-state index in [0.717, 1.165) is 21.3 Å². The minimum Gasteiger partial charge on any atom is -0.288 e. The fourth-order valence-corrected chi connectivity index (χ4v) is 2.93. The largest absolute Gasteiger partial charge is 0.453 e. The number of thiophene rings is 1. The first-order valence-electron chi connectivity index (χ1n) is 4.76. The molecule has 0 atom stereocenters. The summed E-state index contributed by atoms with van der Waals surface area (Å²) in [4.78, 5) is 0.856. The molecule has 9 heteroatoms. The summed E-state index contributed by atoms with van der Waals surface area (Å²) in [5.74, 6) is -1.05. The average molecular weight is 290 g/mol. The van der Waals surface area contributed by atoms with E-state index < -0.39 is 12.0 Å². The van der Waals surface area contributed by atoms with Gasteiger partial charge in [-0.3, -0.25) is 5.43 Å². The number of nitrogens with one attached hydrogen (secondary N) is 1. The third kappa shape index (κ3) is 1.89. The van der Waals surface area contributed by atoms with Crippen LogP contribution in [0.25, 0.3) is 5.70 Å². The number of hydrogen-bond acceptors (Lipinski definition) is 5. The highest BCUT2D eigenvalue weighted by Crippen LogP contribution is 2.34. The summed E-state index contributed by atoms with van der Waals surface area (Å²) < 4.78 is 38.9. The van der Waals surface area contributed by atoms with Gasteiger partial charge in [0.25, 0.3) is 5.82 Å². The molecule has 1 N–H and O–H groups in total. The van der Waals surface area contributed by atoms with Crippen LogP contribution >= 0.6 is 23.1 Å². The number of hydrogen-bond donors (Lipinski definition) is 1. The molecule has 1 aliphatic rings. The summed E-state index contributed by atoms with van der Waals surface area (Å²) in [6.45, 7) is 0. The number of rotatable bonds is 1. The SMILES string of the molecule is FC(F)(F)c1nnc2n1NC(c1cccs1)=CS2. The van der Waals surface area contributed by atoms with E-state index in [-0.39, 0.29) is 5.16 Å². The van der Waals surface area contributed by atoms with Crippen molar-refractivity contribution in [3.8, 4) is 0 Å². The quantitative estimate of drug-likeness (QED) is 0.876. The Hall–Kier alpha value is -1.48. The van der Waals surface area contributed by atoms with Gasteiger partial charge in [0.1, 0.15) is 0 Å². The van der Waals surface area contributed by atoms with Crippen molar-refractivity contribution in [3.05, 3.63) is 33.6 Å². The van der Waals surface area contributed by atoms with Crippen molar-refractivity contribution in [1.82, 2.24) is 14.9 Å². The van der Waals surface area contributed by atoms with Gasteiger partial charge in [-0.25, -0.2) is 4.68 Å². The van der Waals surface area contributed by atoms with Crippen molar-refractivity contribution in [1.29, 1.82) is 0 Å². The number of fused-ring (bicyclic) bond motifs is 1. The number of nitrogens with zero attached hydrogens (tertiary/aromatic N) is 3. The van der Waals surface area contributed by atoms with Gasteiger partial charge in [-0.1, -0.05) is 17.8 Å². The zero-order chi connectivity index (χ0) is 12.8. The lowest BCUT2D eigenvalue weighted by Crippen LogP contribution is -2.24. The van der Waals surface area contributed by atoms with Crippen molar-refractivity contribution in [2.45, 2.75) is 11.3 Å². The Labute approximate surface area is 107 Å². The summed E-state index contributed by atoms with van der Waals surface area (Å²) >= 11 is 2.54. The molecule has 0 fully saturated rings. The highest BCUT2D eigenvalue weighted by atomic mass is 32.2. The number of alkyl halides is 3. The summed E-state index contributed by atoms with van der Waals surface area (Å²) in [5, 5.41) is 10.4. The molecule has 94 valence electrons. The first-order valence-corrected chi connectivity index (χ1v) is 6.52. The van der Waals surface area contributed by atoms with Crippen LogP contribution in [0.4, 0.5) is 13.2 Å². The van der Waals surface area contributed by atoms with Gasteiger partial charge in [0, 0.05) is 5.41 Å². The molecule has 2 aromatic heterocycles. The van der Waals surface area contributed by atoms with E-state index in [4.69, 9.17) is 0 Å². The number of thioether (sulfide) groups is 1. The Morgan fingerprint density at radius 2 is 2.11 bits per heavy atom. The Balaban J connectivity index is 1.98. The molecular weight excluding hydrogens is 285 g/mol. The molecule has 0 aliphatic carbocycles. The number of halogens is 3. The molecule has 0 radical (unpaired) electrons. The molecule has 1 aliphatic heterocycles. The molecule has 0 saturated carbocycles. The lowest BCUT2D eigenvalue weighted by atomic mass is 10.4. The van der Waals surface area contributed by atoms with Crippen LogP contribution in [0.15, 0.2) is 28.1 Å².